The van der Waals surface area contributed by atoms with E-state index in [1.807, 2.05) is 58.0 Å². The molecular formula is C16H24N2O. The van der Waals surface area contributed by atoms with Crippen LogP contribution in [-0.4, -0.2) is 12.9 Å². The molecule has 0 spiro atoms. The van der Waals surface area contributed by atoms with Gasteiger partial charge >= 0.3 is 0 Å². The number of rotatable bonds is 4. The lowest BCUT2D eigenvalue weighted by Crippen LogP contribution is -2.06. The Morgan fingerprint density at radius 3 is 2.26 bits per heavy atom. The number of hydrogen-bond donors (Lipinski definition) is 1. The highest BCUT2D eigenvalue weighted by Crippen LogP contribution is 2.14. The van der Waals surface area contributed by atoms with Crippen molar-refractivity contribution in [3.63, 3.8) is 0 Å². The number of nitrogens with zero attached hydrogens (tertiary/aromatic N) is 1. The largest absolute Gasteiger partial charge is 0.497 e. The highest BCUT2D eigenvalue weighted by molar-refractivity contribution is 5.93. The van der Waals surface area contributed by atoms with E-state index in [4.69, 9.17) is 4.74 Å². The van der Waals surface area contributed by atoms with Gasteiger partial charge in [0.25, 0.3) is 0 Å². The molecule has 1 N–H and O–H groups in total. The van der Waals surface area contributed by atoms with Crippen molar-refractivity contribution in [2.45, 2.75) is 27.7 Å². The molecule has 0 atom stereocenters. The quantitative estimate of drug-likeness (QED) is 0.486. The topological polar surface area (TPSA) is 33.6 Å². The van der Waals surface area contributed by atoms with Crippen molar-refractivity contribution in [1.82, 2.24) is 0 Å². The molecule has 19 heavy (non-hydrogen) atoms. The summed E-state index contributed by atoms with van der Waals surface area (Å²) in [5.74, 6) is 1.67. The molecule has 0 fully saturated rings. The van der Waals surface area contributed by atoms with Crippen molar-refractivity contribution >= 4 is 11.5 Å². The summed E-state index contributed by atoms with van der Waals surface area (Å²) in [6.45, 7) is 11.6. The van der Waals surface area contributed by atoms with Crippen molar-refractivity contribution in [3.05, 3.63) is 48.7 Å². The Morgan fingerprint density at radius 1 is 1.21 bits per heavy atom. The molecule has 3 nitrogen and oxygen atoms in total. The fourth-order valence-electron chi connectivity index (χ4n) is 1.19. The number of aliphatic imine (C=N–C) groups is 1. The van der Waals surface area contributed by atoms with Crippen LogP contribution in [0.15, 0.2) is 53.7 Å². The maximum Gasteiger partial charge on any atom is 0.119 e. The van der Waals surface area contributed by atoms with Gasteiger partial charge in [0.15, 0.2) is 0 Å². The first kappa shape index (κ1) is 17.0. The van der Waals surface area contributed by atoms with Crippen LogP contribution in [0.3, 0.4) is 0 Å². The second-order valence-corrected chi connectivity index (χ2v) is 3.73. The van der Waals surface area contributed by atoms with Crippen LogP contribution in [-0.2, 0) is 0 Å². The summed E-state index contributed by atoms with van der Waals surface area (Å²) >= 11 is 0. The Balaban J connectivity index is 0.00000154. The maximum atomic E-state index is 5.09. The molecule has 0 radical (unpaired) electrons. The number of allylic oxidation sites excluding steroid dienone is 2. The van der Waals surface area contributed by atoms with E-state index in [9.17, 15) is 0 Å². The van der Waals surface area contributed by atoms with Crippen LogP contribution in [0.5, 0.6) is 5.75 Å². The highest BCUT2D eigenvalue weighted by Gasteiger charge is 1.94. The molecule has 1 aromatic carbocycles. The minimum atomic E-state index is 0.827. The van der Waals surface area contributed by atoms with E-state index in [0.717, 1.165) is 22.8 Å². The zero-order valence-electron chi connectivity index (χ0n) is 12.5. The van der Waals surface area contributed by atoms with E-state index in [2.05, 4.69) is 16.9 Å². The summed E-state index contributed by atoms with van der Waals surface area (Å²) in [5, 5.41) is 3.18. The van der Waals surface area contributed by atoms with Crippen LogP contribution in [0.4, 0.5) is 5.69 Å². The molecule has 1 rings (SSSR count). The molecule has 0 amide bonds. The standard InChI is InChI=1S/C14H18N2O.C2H6/c1-11(2)9-10-15-12(3)16-13-5-7-14(17-4)8-6-13;1-2/h5-10H,1H2,2-4H3,(H,15,16);1-2H3/b10-9-;. The molecule has 0 heterocycles. The van der Waals surface area contributed by atoms with Crippen LogP contribution in [0, 0.1) is 0 Å². The van der Waals surface area contributed by atoms with Crippen molar-refractivity contribution in [1.29, 1.82) is 0 Å². The first-order valence-electron chi connectivity index (χ1n) is 6.39. The smallest absolute Gasteiger partial charge is 0.119 e. The van der Waals surface area contributed by atoms with Gasteiger partial charge in [0, 0.05) is 11.9 Å². The molecule has 0 aliphatic heterocycles. The lowest BCUT2D eigenvalue weighted by Gasteiger charge is -2.05. The van der Waals surface area contributed by atoms with Gasteiger partial charge in [-0.05, 0) is 44.2 Å². The lowest BCUT2D eigenvalue weighted by molar-refractivity contribution is 0.415. The predicted octanol–water partition coefficient (Wildman–Crippen LogP) is 4.64. The molecule has 3 heteroatoms. The zero-order chi connectivity index (χ0) is 14.7. The van der Waals surface area contributed by atoms with Crippen molar-refractivity contribution < 1.29 is 4.74 Å². The van der Waals surface area contributed by atoms with E-state index in [1.54, 1.807) is 13.3 Å². The van der Waals surface area contributed by atoms with Gasteiger partial charge < -0.3 is 10.1 Å². The summed E-state index contributed by atoms with van der Waals surface area (Å²) in [5.41, 5.74) is 1.96. The van der Waals surface area contributed by atoms with Crippen molar-refractivity contribution in [3.8, 4) is 5.75 Å². The number of ether oxygens (including phenoxy) is 1. The second-order valence-electron chi connectivity index (χ2n) is 3.73. The number of benzene rings is 1. The third-order valence-electron chi connectivity index (χ3n) is 2.04. The van der Waals surface area contributed by atoms with Crippen molar-refractivity contribution in [2.24, 2.45) is 4.99 Å². The molecular weight excluding hydrogens is 236 g/mol. The number of anilines is 1. The summed E-state index contributed by atoms with van der Waals surface area (Å²) in [7, 11) is 1.65. The van der Waals surface area contributed by atoms with Gasteiger partial charge in [-0.15, -0.1) is 0 Å². The second kappa shape index (κ2) is 9.95. The number of amidine groups is 1. The Kier molecular flexibility index (Phi) is 8.88. The fourth-order valence-corrected chi connectivity index (χ4v) is 1.19. The SMILES string of the molecule is C=C(C)/C=C\N=C(C)Nc1ccc(OC)cc1.CC. The highest BCUT2D eigenvalue weighted by atomic mass is 16.5. The van der Waals surface area contributed by atoms with Gasteiger partial charge in [-0.3, -0.25) is 0 Å². The monoisotopic (exact) mass is 260 g/mol. The van der Waals surface area contributed by atoms with Gasteiger partial charge in [0.1, 0.15) is 11.6 Å². The van der Waals surface area contributed by atoms with Gasteiger partial charge in [0.2, 0.25) is 0 Å². The Bertz CT molecular complexity index is 431. The Hall–Kier alpha value is -2.03. The Morgan fingerprint density at radius 2 is 1.79 bits per heavy atom. The van der Waals surface area contributed by atoms with Gasteiger partial charge in [-0.2, -0.15) is 0 Å². The number of nitrogens with one attached hydrogen (secondary N) is 1. The van der Waals surface area contributed by atoms with E-state index < -0.39 is 0 Å². The molecule has 0 aliphatic carbocycles. The van der Waals surface area contributed by atoms with Gasteiger partial charge in [-0.1, -0.05) is 26.0 Å². The minimum absolute atomic E-state index is 0.827. The van der Waals surface area contributed by atoms with Gasteiger partial charge in [-0.25, -0.2) is 4.99 Å². The van der Waals surface area contributed by atoms with E-state index in [1.165, 1.54) is 0 Å². The number of methoxy groups -OCH3 is 1. The van der Waals surface area contributed by atoms with E-state index in [-0.39, 0.29) is 0 Å². The first-order valence-corrected chi connectivity index (χ1v) is 6.39. The lowest BCUT2D eigenvalue weighted by atomic mass is 10.3. The maximum absolute atomic E-state index is 5.09. The molecule has 1 aromatic rings. The number of hydrogen-bond acceptors (Lipinski definition) is 2. The van der Waals surface area contributed by atoms with Crippen LogP contribution < -0.4 is 10.1 Å². The molecule has 0 unspecified atom stereocenters. The fraction of sp³-hybridized carbons (Fsp3) is 0.312. The van der Waals surface area contributed by atoms with Crippen LogP contribution in [0.1, 0.15) is 27.7 Å². The van der Waals surface area contributed by atoms with Crippen LogP contribution in [0.2, 0.25) is 0 Å². The molecule has 0 saturated heterocycles. The summed E-state index contributed by atoms with van der Waals surface area (Å²) in [6.07, 6.45) is 3.59. The molecule has 0 aromatic heterocycles. The predicted molar refractivity (Wildman–Crippen MR) is 85.0 cm³/mol. The van der Waals surface area contributed by atoms with E-state index in [0.29, 0.717) is 0 Å². The summed E-state index contributed by atoms with van der Waals surface area (Å²) in [4.78, 5) is 4.24. The minimum Gasteiger partial charge on any atom is -0.497 e. The molecule has 0 bridgehead atoms. The molecule has 0 aliphatic rings. The average molecular weight is 260 g/mol. The summed E-state index contributed by atoms with van der Waals surface area (Å²) < 4.78 is 5.09. The normalized spacial score (nSPS) is 10.7. The van der Waals surface area contributed by atoms with Gasteiger partial charge in [0.05, 0.1) is 7.11 Å². The third-order valence-corrected chi connectivity index (χ3v) is 2.04. The summed E-state index contributed by atoms with van der Waals surface area (Å²) in [6, 6.07) is 7.69. The van der Waals surface area contributed by atoms with Crippen molar-refractivity contribution in [2.75, 3.05) is 12.4 Å². The first-order chi connectivity index (χ1) is 9.11. The van der Waals surface area contributed by atoms with Crippen LogP contribution in [0.25, 0.3) is 0 Å². The van der Waals surface area contributed by atoms with E-state index >= 15 is 0 Å². The molecule has 104 valence electrons. The Labute approximate surface area is 116 Å². The molecule has 0 saturated carbocycles. The van der Waals surface area contributed by atoms with Crippen LogP contribution >= 0.6 is 0 Å². The average Bonchev–Trinajstić information content (AvgIpc) is 2.41. The zero-order valence-corrected chi connectivity index (χ0v) is 12.5. The third kappa shape index (κ3) is 7.82.